The minimum Gasteiger partial charge on any atom is -0.456 e. The lowest BCUT2D eigenvalue weighted by Crippen LogP contribution is -2.82. The fourth-order valence-corrected chi connectivity index (χ4v) is 11.2. The monoisotopic (exact) mass is 1020 g/mol. The van der Waals surface area contributed by atoms with Gasteiger partial charge < -0.3 is 48.7 Å². The first kappa shape index (κ1) is 52.5. The predicted octanol–water partition coefficient (Wildman–Crippen LogP) is 5.87. The summed E-state index contributed by atoms with van der Waals surface area (Å²) in [5, 5.41) is 40.0. The van der Waals surface area contributed by atoms with Crippen molar-refractivity contribution in [3.05, 3.63) is 153 Å². The first-order valence-electron chi connectivity index (χ1n) is 23.7. The van der Waals surface area contributed by atoms with E-state index in [1.165, 1.54) is 52.0 Å². The molecule has 1 saturated heterocycles. The molecule has 2 saturated carbocycles. The van der Waals surface area contributed by atoms with Gasteiger partial charge in [-0.15, -0.1) is 0 Å². The molecule has 0 spiro atoms. The molecule has 0 aromatic heterocycles. The largest absolute Gasteiger partial charge is 0.514 e. The maximum Gasteiger partial charge on any atom is 0.514 e. The van der Waals surface area contributed by atoms with E-state index in [1.54, 1.807) is 66.7 Å². The Hall–Kier alpha value is -7.81. The lowest BCUT2D eigenvalue weighted by Gasteiger charge is -2.67. The summed E-state index contributed by atoms with van der Waals surface area (Å²) in [5.74, 6) is -7.77. The number of non-ortho nitro benzene ring substituents is 1. The maximum absolute atomic E-state index is 16.2. The van der Waals surface area contributed by atoms with Crippen molar-refractivity contribution >= 4 is 47.4 Å². The highest BCUT2D eigenvalue weighted by atomic mass is 16.7. The summed E-state index contributed by atoms with van der Waals surface area (Å²) in [4.78, 5) is 110. The Morgan fingerprint density at radius 1 is 0.797 bits per heavy atom. The van der Waals surface area contributed by atoms with E-state index in [2.05, 4.69) is 5.32 Å². The van der Waals surface area contributed by atoms with Crippen LogP contribution < -0.4 is 10.1 Å². The second-order valence-electron chi connectivity index (χ2n) is 19.5. The molecule has 8 rings (SSSR count). The number of benzene rings is 4. The Kier molecular flexibility index (Phi) is 14.4. The number of rotatable bonds is 13. The van der Waals surface area contributed by atoms with Gasteiger partial charge in [0.2, 0.25) is 0 Å². The highest BCUT2D eigenvalue weighted by Gasteiger charge is 2.79. The summed E-state index contributed by atoms with van der Waals surface area (Å²) in [7, 11) is 0. The van der Waals surface area contributed by atoms with Crippen LogP contribution in [0.15, 0.2) is 126 Å². The molecule has 20 nitrogen and oxygen atoms in total. The van der Waals surface area contributed by atoms with Crippen LogP contribution in [0.1, 0.15) is 86.7 Å². The molecule has 3 aliphatic carbocycles. The molecule has 4 aromatic rings. The number of aliphatic hydroxyl groups is 2. The van der Waals surface area contributed by atoms with Gasteiger partial charge in [0.15, 0.2) is 23.6 Å². The van der Waals surface area contributed by atoms with Crippen molar-refractivity contribution in [2.45, 2.75) is 108 Å². The number of carbonyl (C=O) groups excluding carboxylic acids is 7. The highest BCUT2D eigenvalue weighted by Crippen LogP contribution is 2.65. The van der Waals surface area contributed by atoms with E-state index in [1.807, 2.05) is 0 Å². The number of ketones is 1. The van der Waals surface area contributed by atoms with Gasteiger partial charge in [0.05, 0.1) is 34.5 Å². The summed E-state index contributed by atoms with van der Waals surface area (Å²) in [6.45, 7) is 7.49. The number of hydrogen-bond donors (Lipinski definition) is 3. The summed E-state index contributed by atoms with van der Waals surface area (Å²) < 4.78 is 42.3. The first-order valence-corrected chi connectivity index (χ1v) is 23.7. The number of ether oxygens (including phenoxy) is 7. The number of fused-ring (bicyclic) bond motifs is 5. The van der Waals surface area contributed by atoms with Crippen LogP contribution in [0.2, 0.25) is 0 Å². The maximum atomic E-state index is 16.2. The molecule has 4 aliphatic rings. The molecule has 20 heteroatoms. The Balaban J connectivity index is 1.29. The van der Waals surface area contributed by atoms with Gasteiger partial charge in [-0.1, -0.05) is 80.6 Å². The molecule has 0 radical (unpaired) electrons. The molecule has 1 unspecified atom stereocenters. The minimum absolute atomic E-state index is 0.0154. The zero-order valence-corrected chi connectivity index (χ0v) is 41.1. The number of nitro groups is 1. The Morgan fingerprint density at radius 2 is 1.39 bits per heavy atom. The number of esters is 4. The highest BCUT2D eigenvalue weighted by molar-refractivity contribution is 5.96. The molecule has 4 aromatic carbocycles. The van der Waals surface area contributed by atoms with Crippen molar-refractivity contribution in [1.29, 1.82) is 0 Å². The van der Waals surface area contributed by atoms with E-state index < -0.39 is 130 Å². The van der Waals surface area contributed by atoms with Crippen LogP contribution >= 0.6 is 0 Å². The lowest BCUT2D eigenvalue weighted by atomic mass is 9.44. The van der Waals surface area contributed by atoms with Crippen LogP contribution in [0.3, 0.4) is 0 Å². The van der Waals surface area contributed by atoms with Crippen molar-refractivity contribution in [1.82, 2.24) is 5.32 Å². The molecule has 388 valence electrons. The second-order valence-corrected chi connectivity index (χ2v) is 19.5. The molecule has 2 bridgehead atoms. The standard InChI is InChI=1S/C54H54N2O18/c1-29-37(71-49(63)42(59)41(32-16-10-7-11-17-32)55-47(61)33-18-12-8-13-19-33)27-54(65)46(73-48(62)34-20-14-9-15-21-34)44-52(6,45(60)43(69-30(2)57)40(29)51(54,4)5)38(26-39-53(44,28-68-39)74-31(3)58)72-50(64)70-36-24-22-35(23-25-36)56(66)67/h7-25,37-39,41-44,46,59,65H,26-28H2,1-6H3,(H,55,61)/t37-,38?,39+,41-,42+,43+,44-,46-,52+,53-,54+/m0/s1. The van der Waals surface area contributed by atoms with Crippen molar-refractivity contribution < 1.29 is 81.9 Å². The van der Waals surface area contributed by atoms with E-state index in [-0.39, 0.29) is 40.1 Å². The Morgan fingerprint density at radius 3 is 1.95 bits per heavy atom. The van der Waals surface area contributed by atoms with E-state index in [0.29, 0.717) is 5.56 Å². The molecular formula is C54H54N2O18. The molecule has 1 amide bonds. The number of nitro benzene ring substituents is 1. The lowest BCUT2D eigenvalue weighted by molar-refractivity contribution is -0.384. The quantitative estimate of drug-likeness (QED) is 0.0353. The molecule has 11 atom stereocenters. The van der Waals surface area contributed by atoms with E-state index >= 15 is 4.79 Å². The van der Waals surface area contributed by atoms with E-state index in [0.717, 1.165) is 38.1 Å². The van der Waals surface area contributed by atoms with Crippen LogP contribution in [-0.2, 0) is 47.6 Å². The fraction of sp³-hybridized carbons (Fsp3) is 0.389. The van der Waals surface area contributed by atoms with Crippen molar-refractivity contribution in [2.24, 2.45) is 16.7 Å². The number of nitrogens with one attached hydrogen (secondary N) is 1. The third-order valence-electron chi connectivity index (χ3n) is 14.9. The number of amides is 1. The van der Waals surface area contributed by atoms with Gasteiger partial charge >= 0.3 is 30.0 Å². The van der Waals surface area contributed by atoms with E-state index in [4.69, 9.17) is 33.2 Å². The summed E-state index contributed by atoms with van der Waals surface area (Å²) in [5.41, 5.74) is -8.44. The zero-order chi connectivity index (χ0) is 53.5. The van der Waals surface area contributed by atoms with Crippen molar-refractivity contribution in [3.63, 3.8) is 0 Å². The van der Waals surface area contributed by atoms with Crippen molar-refractivity contribution in [2.75, 3.05) is 6.61 Å². The Bertz CT molecular complexity index is 2890. The summed E-state index contributed by atoms with van der Waals surface area (Å²) in [6.07, 6.45) is -13.1. The predicted molar refractivity (Wildman–Crippen MR) is 256 cm³/mol. The second kappa shape index (κ2) is 20.2. The number of aliphatic hydroxyl groups excluding tert-OH is 1. The first-order chi connectivity index (χ1) is 35.0. The average Bonchev–Trinajstić information content (AvgIpc) is 3.36. The molecule has 1 heterocycles. The fourth-order valence-electron chi connectivity index (χ4n) is 11.2. The SMILES string of the molecule is CC(=O)O[C@H]1C(=O)[C@]2(C)C(OC(=O)Oc3ccc([N+](=O)[O-])cc3)C[C@H]3OC[C@@]3(OC(C)=O)[C@H]2[C@H](OC(=O)c2ccccc2)[C@]2(O)C[C@H](OC(=O)[C@H](O)[C@@H](NC(=O)c3ccccc3)c3ccccc3)C(C)=C1C2(C)C. The number of carbonyl (C=O) groups is 7. The summed E-state index contributed by atoms with van der Waals surface area (Å²) in [6, 6.07) is 26.8. The topological polar surface area (TPSA) is 280 Å². The average molecular weight is 1020 g/mol. The zero-order valence-electron chi connectivity index (χ0n) is 41.1. The molecular weight excluding hydrogens is 965 g/mol. The Labute approximate surface area is 424 Å². The van der Waals surface area contributed by atoms with E-state index in [9.17, 15) is 49.1 Å². The molecule has 3 fully saturated rings. The van der Waals surface area contributed by atoms with Gasteiger partial charge in [0.1, 0.15) is 35.8 Å². The van der Waals surface area contributed by atoms with Gasteiger partial charge in [-0.2, -0.15) is 0 Å². The summed E-state index contributed by atoms with van der Waals surface area (Å²) >= 11 is 0. The third kappa shape index (κ3) is 9.39. The smallest absolute Gasteiger partial charge is 0.456 e. The third-order valence-corrected chi connectivity index (χ3v) is 14.9. The van der Waals surface area contributed by atoms with Crippen LogP contribution in [0.4, 0.5) is 10.5 Å². The van der Waals surface area contributed by atoms with Crippen molar-refractivity contribution in [3.8, 4) is 5.75 Å². The van der Waals surface area contributed by atoms with Crippen LogP contribution in [0, 0.1) is 26.9 Å². The van der Waals surface area contributed by atoms with Gasteiger partial charge in [0.25, 0.3) is 11.6 Å². The van der Waals surface area contributed by atoms with Gasteiger partial charge in [0, 0.05) is 49.8 Å². The molecule has 74 heavy (non-hydrogen) atoms. The number of hydrogen-bond acceptors (Lipinski definition) is 18. The normalized spacial score (nSPS) is 28.4. The van der Waals surface area contributed by atoms with Crippen LogP contribution in [0.25, 0.3) is 0 Å². The van der Waals surface area contributed by atoms with Crippen LogP contribution in [-0.4, -0.2) is 111 Å². The minimum atomic E-state index is -2.55. The van der Waals surface area contributed by atoms with Gasteiger partial charge in [-0.25, -0.2) is 14.4 Å². The molecule has 1 aliphatic heterocycles. The number of Topliss-reactive ketones (excluding diaryl/α,β-unsaturated/α-hetero) is 1. The number of nitrogens with zero attached hydrogens (tertiary/aromatic N) is 1. The molecule has 3 N–H and O–H groups in total. The van der Waals surface area contributed by atoms with Crippen LogP contribution in [0.5, 0.6) is 5.75 Å². The van der Waals surface area contributed by atoms with Gasteiger partial charge in [-0.05, 0) is 67.0 Å². The van der Waals surface area contributed by atoms with Gasteiger partial charge in [-0.3, -0.25) is 29.3 Å².